The highest BCUT2D eigenvalue weighted by molar-refractivity contribution is 5.60. The first kappa shape index (κ1) is 12.0. The van der Waals surface area contributed by atoms with Crippen molar-refractivity contribution in [2.45, 2.75) is 39.7 Å². The quantitative estimate of drug-likeness (QED) is 0.502. The maximum Gasteiger partial charge on any atom is 0.509 e. The lowest BCUT2D eigenvalue weighted by atomic mass is 10.2. The Morgan fingerprint density at radius 3 is 2.38 bits per heavy atom. The van der Waals surface area contributed by atoms with E-state index in [0.717, 1.165) is 6.42 Å². The zero-order valence-electron chi connectivity index (χ0n) is 8.79. The van der Waals surface area contributed by atoms with Crippen molar-refractivity contribution in [2.24, 2.45) is 0 Å². The van der Waals surface area contributed by atoms with E-state index >= 15 is 0 Å². The van der Waals surface area contributed by atoms with Crippen LogP contribution in [0.1, 0.15) is 34.1 Å². The van der Waals surface area contributed by atoms with Crippen LogP contribution in [0.3, 0.4) is 0 Å². The Kier molecular flexibility index (Phi) is 5.19. The minimum atomic E-state index is -0.617. The Bertz CT molecular complexity index is 177. The van der Waals surface area contributed by atoms with Gasteiger partial charge in [0, 0.05) is 0 Å². The predicted molar refractivity (Wildman–Crippen MR) is 51.6 cm³/mol. The summed E-state index contributed by atoms with van der Waals surface area (Å²) in [5.41, 5.74) is -0.481. The fraction of sp³-hybridized carbons (Fsp3) is 0.700. The predicted octanol–water partition coefficient (Wildman–Crippen LogP) is 2.90. The molecule has 13 heavy (non-hydrogen) atoms. The molecule has 0 saturated carbocycles. The number of carbonyl (C=O) groups excluding carboxylic acids is 1. The topological polar surface area (TPSA) is 35.5 Å². The molecule has 0 spiro atoms. The minimum absolute atomic E-state index is 0.281. The first-order chi connectivity index (χ1) is 5.95. The van der Waals surface area contributed by atoms with Crippen LogP contribution in [0.25, 0.3) is 0 Å². The van der Waals surface area contributed by atoms with E-state index < -0.39 is 11.8 Å². The molecule has 0 radical (unpaired) electrons. The van der Waals surface area contributed by atoms with Crippen molar-refractivity contribution in [3.8, 4) is 0 Å². The Hall–Kier alpha value is -0.990. The van der Waals surface area contributed by atoms with Crippen LogP contribution in [0.2, 0.25) is 0 Å². The van der Waals surface area contributed by atoms with Gasteiger partial charge in [-0.3, -0.25) is 0 Å². The Balaban J connectivity index is 3.58. The molecule has 0 aliphatic heterocycles. The molecule has 76 valence electrons. The summed E-state index contributed by atoms with van der Waals surface area (Å²) < 4.78 is 9.70. The van der Waals surface area contributed by atoms with Crippen molar-refractivity contribution < 1.29 is 14.3 Å². The van der Waals surface area contributed by atoms with Gasteiger partial charge < -0.3 is 9.47 Å². The van der Waals surface area contributed by atoms with Crippen LogP contribution in [-0.2, 0) is 9.47 Å². The van der Waals surface area contributed by atoms with Crippen molar-refractivity contribution in [1.82, 2.24) is 0 Å². The maximum absolute atomic E-state index is 10.9. The summed E-state index contributed by atoms with van der Waals surface area (Å²) >= 11 is 0. The maximum atomic E-state index is 10.9. The largest absolute Gasteiger partial charge is 0.509 e. The van der Waals surface area contributed by atoms with Crippen LogP contribution in [0.15, 0.2) is 12.2 Å². The fourth-order valence-corrected chi connectivity index (χ4v) is 0.630. The van der Waals surface area contributed by atoms with Gasteiger partial charge in [0.2, 0.25) is 0 Å². The number of carbonyl (C=O) groups is 1. The van der Waals surface area contributed by atoms with E-state index in [2.05, 4.69) is 0 Å². The molecule has 0 N–H and O–H groups in total. The molecule has 0 aromatic heterocycles. The van der Waals surface area contributed by atoms with E-state index in [-0.39, 0.29) is 6.61 Å². The average Bonchev–Trinajstić information content (AvgIpc) is 1.94. The van der Waals surface area contributed by atoms with Gasteiger partial charge in [0.15, 0.2) is 0 Å². The number of hydrogen-bond acceptors (Lipinski definition) is 3. The zero-order valence-corrected chi connectivity index (χ0v) is 8.79. The van der Waals surface area contributed by atoms with Crippen LogP contribution < -0.4 is 0 Å². The lowest BCUT2D eigenvalue weighted by Gasteiger charge is -2.18. The van der Waals surface area contributed by atoms with E-state index in [4.69, 9.17) is 9.47 Å². The average molecular weight is 186 g/mol. The molecule has 0 heterocycles. The van der Waals surface area contributed by atoms with Crippen molar-refractivity contribution in [3.63, 3.8) is 0 Å². The first-order valence-corrected chi connectivity index (χ1v) is 4.46. The lowest BCUT2D eigenvalue weighted by Crippen LogP contribution is -2.24. The van der Waals surface area contributed by atoms with E-state index in [1.165, 1.54) is 0 Å². The first-order valence-electron chi connectivity index (χ1n) is 4.46. The second kappa shape index (κ2) is 5.62. The summed E-state index contributed by atoms with van der Waals surface area (Å²) in [5.74, 6) is 0. The van der Waals surface area contributed by atoms with Crippen molar-refractivity contribution >= 4 is 6.16 Å². The van der Waals surface area contributed by atoms with Gasteiger partial charge in [-0.1, -0.05) is 19.1 Å². The molecule has 0 fully saturated rings. The zero-order chi connectivity index (χ0) is 10.3. The van der Waals surface area contributed by atoms with Crippen molar-refractivity contribution in [3.05, 3.63) is 12.2 Å². The van der Waals surface area contributed by atoms with Gasteiger partial charge in [0.05, 0.1) is 0 Å². The summed E-state index contributed by atoms with van der Waals surface area (Å²) in [5, 5.41) is 0. The molecule has 3 heteroatoms. The van der Waals surface area contributed by atoms with Crippen LogP contribution in [0.4, 0.5) is 4.79 Å². The summed E-state index contributed by atoms with van der Waals surface area (Å²) in [6, 6.07) is 0. The number of ether oxygens (including phenoxy) is 2. The van der Waals surface area contributed by atoms with E-state index in [1.54, 1.807) is 26.8 Å². The van der Waals surface area contributed by atoms with Crippen LogP contribution in [0.5, 0.6) is 0 Å². The molecule has 0 aromatic carbocycles. The third-order valence-electron chi connectivity index (χ3n) is 1.09. The third kappa shape index (κ3) is 8.92. The Labute approximate surface area is 79.7 Å². The van der Waals surface area contributed by atoms with Gasteiger partial charge in [-0.15, -0.1) is 0 Å². The molecule has 0 amide bonds. The second-order valence-corrected chi connectivity index (χ2v) is 3.66. The molecule has 0 aliphatic rings. The van der Waals surface area contributed by atoms with Crippen LogP contribution in [-0.4, -0.2) is 18.4 Å². The standard InChI is InChI=1S/C10H18O3/c1-5-6-7-8-12-9(11)13-10(2,3)4/h6-7H,5,8H2,1-4H3/b7-6+. The summed E-state index contributed by atoms with van der Waals surface area (Å²) in [7, 11) is 0. The van der Waals surface area contributed by atoms with Crippen molar-refractivity contribution in [1.29, 1.82) is 0 Å². The summed E-state index contributed by atoms with van der Waals surface area (Å²) in [4.78, 5) is 10.9. The van der Waals surface area contributed by atoms with Crippen LogP contribution >= 0.6 is 0 Å². The fourth-order valence-electron chi connectivity index (χ4n) is 0.630. The molecule has 0 aliphatic carbocycles. The normalized spacial score (nSPS) is 11.7. The smallest absolute Gasteiger partial charge is 0.430 e. The van der Waals surface area contributed by atoms with Gasteiger partial charge in [0.25, 0.3) is 0 Å². The van der Waals surface area contributed by atoms with Gasteiger partial charge in [-0.05, 0) is 27.2 Å². The number of rotatable bonds is 3. The monoisotopic (exact) mass is 186 g/mol. The number of hydrogen-bond donors (Lipinski definition) is 0. The molecule has 3 nitrogen and oxygen atoms in total. The van der Waals surface area contributed by atoms with E-state index in [9.17, 15) is 4.79 Å². The Morgan fingerprint density at radius 2 is 1.92 bits per heavy atom. The van der Waals surface area contributed by atoms with Crippen molar-refractivity contribution in [2.75, 3.05) is 6.61 Å². The molecule has 0 aromatic rings. The number of allylic oxidation sites excluding steroid dienone is 1. The molecule has 0 saturated heterocycles. The molecule has 0 atom stereocenters. The third-order valence-corrected chi connectivity index (χ3v) is 1.09. The Morgan fingerprint density at radius 1 is 1.31 bits per heavy atom. The molecule has 0 rings (SSSR count). The highest BCUT2D eigenvalue weighted by Crippen LogP contribution is 2.07. The molecule has 0 unspecified atom stereocenters. The minimum Gasteiger partial charge on any atom is -0.430 e. The van der Waals surface area contributed by atoms with Gasteiger partial charge in [-0.25, -0.2) is 4.79 Å². The van der Waals surface area contributed by atoms with Crippen LogP contribution in [0, 0.1) is 0 Å². The summed E-state index contributed by atoms with van der Waals surface area (Å²) in [6.45, 7) is 7.70. The van der Waals surface area contributed by atoms with E-state index in [0.29, 0.717) is 0 Å². The highest BCUT2D eigenvalue weighted by Gasteiger charge is 2.16. The molecular formula is C10H18O3. The highest BCUT2D eigenvalue weighted by atomic mass is 16.7. The second-order valence-electron chi connectivity index (χ2n) is 3.66. The SMILES string of the molecule is CC/C=C/COC(=O)OC(C)(C)C. The van der Waals surface area contributed by atoms with Gasteiger partial charge in [0.1, 0.15) is 12.2 Å². The van der Waals surface area contributed by atoms with E-state index in [1.807, 2.05) is 13.0 Å². The molecule has 0 bridgehead atoms. The lowest BCUT2D eigenvalue weighted by molar-refractivity contribution is -0.00242. The van der Waals surface area contributed by atoms with Gasteiger partial charge in [-0.2, -0.15) is 0 Å². The molecular weight excluding hydrogens is 168 g/mol. The van der Waals surface area contributed by atoms with Gasteiger partial charge >= 0.3 is 6.16 Å². The summed E-state index contributed by atoms with van der Waals surface area (Å²) in [6.07, 6.45) is 4.06.